The summed E-state index contributed by atoms with van der Waals surface area (Å²) in [6.07, 6.45) is 2.76. The van der Waals surface area contributed by atoms with Gasteiger partial charge in [0.2, 0.25) is 0 Å². The second-order valence-electron chi connectivity index (χ2n) is 4.49. The summed E-state index contributed by atoms with van der Waals surface area (Å²) in [4.78, 5) is 13.7. The predicted molar refractivity (Wildman–Crippen MR) is 84.3 cm³/mol. The van der Waals surface area contributed by atoms with Crippen LogP contribution in [-0.2, 0) is 11.3 Å². The van der Waals surface area contributed by atoms with Crippen molar-refractivity contribution in [2.24, 2.45) is 0 Å². The van der Waals surface area contributed by atoms with Gasteiger partial charge in [0.1, 0.15) is 0 Å². The van der Waals surface area contributed by atoms with Crippen molar-refractivity contribution in [2.75, 3.05) is 11.9 Å². The number of hydrogen-bond acceptors (Lipinski definition) is 4. The number of carboxylic acids is 1. The van der Waals surface area contributed by atoms with Crippen LogP contribution in [0.1, 0.15) is 16.0 Å². The molecule has 1 N–H and O–H groups in total. The van der Waals surface area contributed by atoms with Crippen LogP contribution < -0.4 is 4.90 Å². The van der Waals surface area contributed by atoms with Gasteiger partial charge in [-0.25, -0.2) is 4.79 Å². The van der Waals surface area contributed by atoms with Crippen molar-refractivity contribution in [2.45, 2.75) is 6.54 Å². The Bertz CT molecular complexity index is 696. The van der Waals surface area contributed by atoms with Crippen LogP contribution in [0.5, 0.6) is 0 Å². The van der Waals surface area contributed by atoms with E-state index in [9.17, 15) is 4.79 Å². The third-order valence-electron chi connectivity index (χ3n) is 3.00. The molecule has 21 heavy (non-hydrogen) atoms. The van der Waals surface area contributed by atoms with E-state index in [1.54, 1.807) is 29.5 Å². The fourth-order valence-corrected chi connectivity index (χ4v) is 2.80. The first-order chi connectivity index (χ1) is 10.1. The van der Waals surface area contributed by atoms with Crippen molar-refractivity contribution in [1.82, 2.24) is 0 Å². The van der Waals surface area contributed by atoms with Crippen LogP contribution >= 0.6 is 11.3 Å². The summed E-state index contributed by atoms with van der Waals surface area (Å²) in [6.45, 7) is 0.683. The molecule has 0 unspecified atom stereocenters. The number of carbonyl (C=O) groups is 1. The monoisotopic (exact) mass is 298 g/mol. The average Bonchev–Trinajstić information content (AvgIpc) is 2.92. The fraction of sp³-hybridized carbons (Fsp3) is 0.125. The van der Waals surface area contributed by atoms with E-state index < -0.39 is 5.97 Å². The van der Waals surface area contributed by atoms with E-state index in [0.717, 1.165) is 22.2 Å². The first kappa shape index (κ1) is 14.8. The Balaban J connectivity index is 2.12. The predicted octanol–water partition coefficient (Wildman–Crippen LogP) is 3.35. The minimum absolute atomic E-state index is 0.633. The zero-order chi connectivity index (χ0) is 15.2. The number of thiophene rings is 1. The summed E-state index contributed by atoms with van der Waals surface area (Å²) in [5, 5.41) is 19.4. The van der Waals surface area contributed by atoms with Crippen molar-refractivity contribution in [1.29, 1.82) is 5.26 Å². The Morgan fingerprint density at radius 2 is 2.10 bits per heavy atom. The molecule has 1 aromatic carbocycles. The molecule has 0 bridgehead atoms. The molecule has 4 nitrogen and oxygen atoms in total. The van der Waals surface area contributed by atoms with E-state index in [2.05, 4.69) is 11.0 Å². The molecule has 106 valence electrons. The molecular formula is C16H14N2O2S. The molecule has 0 aliphatic heterocycles. The highest BCUT2D eigenvalue weighted by Gasteiger charge is 2.07. The molecule has 0 saturated carbocycles. The maximum absolute atomic E-state index is 10.6. The van der Waals surface area contributed by atoms with Gasteiger partial charge in [-0.3, -0.25) is 0 Å². The summed E-state index contributed by atoms with van der Waals surface area (Å²) in [6, 6.07) is 11.4. The van der Waals surface area contributed by atoms with Crippen LogP contribution in [-0.4, -0.2) is 18.1 Å². The highest BCUT2D eigenvalue weighted by atomic mass is 32.1. The van der Waals surface area contributed by atoms with Crippen molar-refractivity contribution in [3.8, 4) is 6.07 Å². The average molecular weight is 298 g/mol. The van der Waals surface area contributed by atoms with Crippen LogP contribution in [0.15, 0.2) is 41.8 Å². The first-order valence-corrected chi connectivity index (χ1v) is 7.17. The van der Waals surface area contributed by atoms with Crippen LogP contribution in [0, 0.1) is 11.3 Å². The van der Waals surface area contributed by atoms with Gasteiger partial charge in [-0.15, -0.1) is 11.3 Å². The molecule has 0 aliphatic carbocycles. The quantitative estimate of drug-likeness (QED) is 0.860. The molecule has 0 atom stereocenters. The normalized spacial score (nSPS) is 10.5. The Labute approximate surface area is 127 Å². The zero-order valence-electron chi connectivity index (χ0n) is 11.5. The lowest BCUT2D eigenvalue weighted by Gasteiger charge is -2.19. The second-order valence-corrected chi connectivity index (χ2v) is 5.49. The van der Waals surface area contributed by atoms with Crippen LogP contribution in [0.3, 0.4) is 0 Å². The van der Waals surface area contributed by atoms with Crippen LogP contribution in [0.25, 0.3) is 6.08 Å². The topological polar surface area (TPSA) is 64.3 Å². The van der Waals surface area contributed by atoms with Gasteiger partial charge >= 0.3 is 5.97 Å². The SMILES string of the molecule is CN(Cc1sccc1C=CC(=O)O)c1ccc(C#N)cc1. The largest absolute Gasteiger partial charge is 0.478 e. The van der Waals surface area contributed by atoms with Gasteiger partial charge in [-0.2, -0.15) is 5.26 Å². The van der Waals surface area contributed by atoms with Gasteiger partial charge in [0.05, 0.1) is 18.2 Å². The van der Waals surface area contributed by atoms with Gasteiger partial charge in [-0.05, 0) is 47.4 Å². The minimum Gasteiger partial charge on any atom is -0.478 e. The molecule has 0 fully saturated rings. The Hall–Kier alpha value is -2.58. The lowest BCUT2D eigenvalue weighted by Crippen LogP contribution is -2.15. The molecule has 1 aromatic heterocycles. The molecular weight excluding hydrogens is 284 g/mol. The molecule has 0 saturated heterocycles. The molecule has 0 spiro atoms. The van der Waals surface area contributed by atoms with E-state index in [-0.39, 0.29) is 0 Å². The van der Waals surface area contributed by atoms with Gasteiger partial charge in [0.15, 0.2) is 0 Å². The molecule has 2 aromatic rings. The standard InChI is InChI=1S/C16H14N2O2S/c1-18(14-5-2-12(10-17)3-6-14)11-15-13(8-9-21-15)4-7-16(19)20/h2-9H,11H2,1H3,(H,19,20). The van der Waals surface area contributed by atoms with E-state index in [4.69, 9.17) is 10.4 Å². The Kier molecular flexibility index (Phi) is 4.75. The van der Waals surface area contributed by atoms with Gasteiger partial charge in [0.25, 0.3) is 0 Å². The molecule has 0 radical (unpaired) electrons. The summed E-state index contributed by atoms with van der Waals surface area (Å²) >= 11 is 1.59. The summed E-state index contributed by atoms with van der Waals surface area (Å²) in [7, 11) is 1.96. The number of nitriles is 1. The Morgan fingerprint density at radius 1 is 1.38 bits per heavy atom. The van der Waals surface area contributed by atoms with Gasteiger partial charge in [0, 0.05) is 23.7 Å². The van der Waals surface area contributed by atoms with Crippen molar-refractivity contribution in [3.63, 3.8) is 0 Å². The highest BCUT2D eigenvalue weighted by Crippen LogP contribution is 2.23. The fourth-order valence-electron chi connectivity index (χ4n) is 1.89. The smallest absolute Gasteiger partial charge is 0.328 e. The highest BCUT2D eigenvalue weighted by molar-refractivity contribution is 7.10. The molecule has 0 amide bonds. The van der Waals surface area contributed by atoms with Crippen molar-refractivity contribution in [3.05, 3.63) is 57.8 Å². The second kappa shape index (κ2) is 6.73. The molecule has 0 aliphatic rings. The summed E-state index contributed by atoms with van der Waals surface area (Å²) in [5.74, 6) is -0.951. The zero-order valence-corrected chi connectivity index (χ0v) is 12.3. The summed E-state index contributed by atoms with van der Waals surface area (Å²) < 4.78 is 0. The number of hydrogen-bond donors (Lipinski definition) is 1. The number of carboxylic acid groups (broad SMARTS) is 1. The molecule has 2 rings (SSSR count). The van der Waals surface area contributed by atoms with E-state index in [1.807, 2.05) is 30.6 Å². The van der Waals surface area contributed by atoms with E-state index in [0.29, 0.717) is 12.1 Å². The van der Waals surface area contributed by atoms with Gasteiger partial charge < -0.3 is 10.0 Å². The van der Waals surface area contributed by atoms with Crippen molar-refractivity contribution < 1.29 is 9.90 Å². The maximum atomic E-state index is 10.6. The first-order valence-electron chi connectivity index (χ1n) is 6.29. The van der Waals surface area contributed by atoms with E-state index in [1.165, 1.54) is 0 Å². The van der Waals surface area contributed by atoms with Gasteiger partial charge in [-0.1, -0.05) is 0 Å². The van der Waals surface area contributed by atoms with Crippen molar-refractivity contribution >= 4 is 29.1 Å². The third-order valence-corrected chi connectivity index (χ3v) is 3.92. The number of aliphatic carboxylic acids is 1. The lowest BCUT2D eigenvalue weighted by atomic mass is 10.2. The number of anilines is 1. The molecule has 5 heteroatoms. The summed E-state index contributed by atoms with van der Waals surface area (Å²) in [5.41, 5.74) is 2.56. The van der Waals surface area contributed by atoms with E-state index >= 15 is 0 Å². The number of benzene rings is 1. The number of rotatable bonds is 5. The maximum Gasteiger partial charge on any atom is 0.328 e. The van der Waals surface area contributed by atoms with Crippen LogP contribution in [0.4, 0.5) is 5.69 Å². The minimum atomic E-state index is -0.951. The lowest BCUT2D eigenvalue weighted by molar-refractivity contribution is -0.131. The molecule has 1 heterocycles. The third kappa shape index (κ3) is 3.94. The van der Waals surface area contributed by atoms with Crippen LogP contribution in [0.2, 0.25) is 0 Å². The Morgan fingerprint density at radius 3 is 2.71 bits per heavy atom. The number of nitrogens with zero attached hydrogens (tertiary/aromatic N) is 2.